The Morgan fingerprint density at radius 1 is 1.15 bits per heavy atom. The zero-order valence-corrected chi connectivity index (χ0v) is 14.6. The van der Waals surface area contributed by atoms with E-state index in [2.05, 4.69) is 10.3 Å². The first kappa shape index (κ1) is 16.8. The Morgan fingerprint density at radius 2 is 1.89 bits per heavy atom. The first-order chi connectivity index (χ1) is 13.1. The summed E-state index contributed by atoms with van der Waals surface area (Å²) < 4.78 is 12.0. The SMILES string of the molecule is C[C@@H](C(=O)NCc1coc(-c2ccccc2)n1)n1c(=O)oc2ccccc21. The summed E-state index contributed by atoms with van der Waals surface area (Å²) >= 11 is 0. The molecular weight excluding hydrogens is 346 g/mol. The van der Waals surface area contributed by atoms with Gasteiger partial charge in [-0.05, 0) is 31.2 Å². The minimum atomic E-state index is -0.721. The van der Waals surface area contributed by atoms with Gasteiger partial charge in [-0.1, -0.05) is 30.3 Å². The van der Waals surface area contributed by atoms with Gasteiger partial charge < -0.3 is 14.2 Å². The van der Waals surface area contributed by atoms with Crippen LogP contribution in [0, 0.1) is 0 Å². The summed E-state index contributed by atoms with van der Waals surface area (Å²) in [6.45, 7) is 1.85. The summed E-state index contributed by atoms with van der Waals surface area (Å²) in [5, 5.41) is 2.78. The third kappa shape index (κ3) is 3.27. The van der Waals surface area contributed by atoms with Gasteiger partial charge in [0.1, 0.15) is 12.3 Å². The topological polar surface area (TPSA) is 90.3 Å². The molecular formula is C20H17N3O4. The van der Waals surface area contributed by atoms with Gasteiger partial charge in [-0.3, -0.25) is 9.36 Å². The average molecular weight is 363 g/mol. The molecule has 0 aliphatic rings. The minimum absolute atomic E-state index is 0.198. The van der Waals surface area contributed by atoms with E-state index >= 15 is 0 Å². The zero-order chi connectivity index (χ0) is 18.8. The van der Waals surface area contributed by atoms with E-state index in [1.165, 1.54) is 10.8 Å². The maximum atomic E-state index is 12.5. The lowest BCUT2D eigenvalue weighted by Gasteiger charge is -2.12. The second kappa shape index (κ2) is 6.95. The van der Waals surface area contributed by atoms with Crippen molar-refractivity contribution in [3.63, 3.8) is 0 Å². The molecule has 2 aromatic carbocycles. The molecule has 0 spiro atoms. The molecule has 1 atom stereocenters. The van der Waals surface area contributed by atoms with Crippen molar-refractivity contribution in [1.29, 1.82) is 0 Å². The van der Waals surface area contributed by atoms with E-state index in [4.69, 9.17) is 8.83 Å². The van der Waals surface area contributed by atoms with Crippen LogP contribution in [0.1, 0.15) is 18.7 Å². The van der Waals surface area contributed by atoms with Gasteiger partial charge in [0.25, 0.3) is 0 Å². The van der Waals surface area contributed by atoms with E-state index in [0.717, 1.165) is 5.56 Å². The molecule has 0 unspecified atom stereocenters. The molecule has 0 aliphatic carbocycles. The van der Waals surface area contributed by atoms with Crippen LogP contribution in [0.4, 0.5) is 0 Å². The fraction of sp³-hybridized carbons (Fsp3) is 0.150. The molecule has 136 valence electrons. The summed E-state index contributed by atoms with van der Waals surface area (Å²) in [7, 11) is 0. The molecule has 2 aromatic heterocycles. The molecule has 7 heteroatoms. The molecule has 7 nitrogen and oxygen atoms in total. The smallest absolute Gasteiger partial charge is 0.420 e. The summed E-state index contributed by atoms with van der Waals surface area (Å²) in [6, 6.07) is 15.8. The fourth-order valence-corrected chi connectivity index (χ4v) is 2.89. The number of fused-ring (bicyclic) bond motifs is 1. The lowest BCUT2D eigenvalue weighted by Crippen LogP contribution is -2.34. The average Bonchev–Trinajstić information content (AvgIpc) is 3.30. The highest BCUT2D eigenvalue weighted by atomic mass is 16.4. The largest absolute Gasteiger partial charge is 0.444 e. The lowest BCUT2D eigenvalue weighted by molar-refractivity contribution is -0.124. The third-order valence-corrected chi connectivity index (χ3v) is 4.30. The van der Waals surface area contributed by atoms with Gasteiger partial charge >= 0.3 is 5.76 Å². The number of amides is 1. The number of carbonyl (C=O) groups excluding carboxylic acids is 1. The zero-order valence-electron chi connectivity index (χ0n) is 14.6. The molecule has 4 rings (SSSR count). The van der Waals surface area contributed by atoms with Crippen molar-refractivity contribution >= 4 is 17.0 Å². The van der Waals surface area contributed by atoms with E-state index in [9.17, 15) is 9.59 Å². The first-order valence-corrected chi connectivity index (χ1v) is 8.51. The van der Waals surface area contributed by atoms with Crippen LogP contribution in [-0.2, 0) is 11.3 Å². The Kier molecular flexibility index (Phi) is 4.33. The normalized spacial score (nSPS) is 12.2. The van der Waals surface area contributed by atoms with Crippen LogP contribution in [-0.4, -0.2) is 15.5 Å². The number of oxazole rings is 2. The molecule has 1 amide bonds. The first-order valence-electron chi connectivity index (χ1n) is 8.51. The monoisotopic (exact) mass is 363 g/mol. The van der Waals surface area contributed by atoms with Gasteiger partial charge in [-0.2, -0.15) is 0 Å². The standard InChI is InChI=1S/C20H17N3O4/c1-13(23-16-9-5-6-10-17(16)27-20(23)25)18(24)21-11-15-12-26-19(22-15)14-7-3-2-4-8-14/h2-10,12-13H,11H2,1H3,(H,21,24)/t13-/m0/s1. The molecule has 0 bridgehead atoms. The van der Waals surface area contributed by atoms with Crippen molar-refractivity contribution in [1.82, 2.24) is 14.9 Å². The van der Waals surface area contributed by atoms with Gasteiger partial charge in [0.15, 0.2) is 5.58 Å². The highest BCUT2D eigenvalue weighted by Gasteiger charge is 2.21. The number of hydrogen-bond acceptors (Lipinski definition) is 5. The molecule has 2 heterocycles. The summed E-state index contributed by atoms with van der Waals surface area (Å²) in [6.07, 6.45) is 1.51. The predicted octanol–water partition coefficient (Wildman–Crippen LogP) is 3.13. The van der Waals surface area contributed by atoms with Crippen LogP contribution in [0.3, 0.4) is 0 Å². The summed E-state index contributed by atoms with van der Waals surface area (Å²) in [5.74, 6) is -0.385. The Bertz CT molecular complexity index is 1140. The predicted molar refractivity (Wildman–Crippen MR) is 99.0 cm³/mol. The molecule has 0 saturated heterocycles. The number of para-hydroxylation sites is 2. The Balaban J connectivity index is 1.47. The number of carbonyl (C=O) groups is 1. The molecule has 0 radical (unpaired) electrons. The number of aromatic nitrogens is 2. The van der Waals surface area contributed by atoms with Crippen molar-refractivity contribution in [3.8, 4) is 11.5 Å². The number of rotatable bonds is 5. The van der Waals surface area contributed by atoms with E-state index in [1.807, 2.05) is 30.3 Å². The van der Waals surface area contributed by atoms with Crippen LogP contribution >= 0.6 is 0 Å². The quantitative estimate of drug-likeness (QED) is 0.588. The minimum Gasteiger partial charge on any atom is -0.444 e. The van der Waals surface area contributed by atoms with Gasteiger partial charge in [-0.15, -0.1) is 0 Å². The summed E-state index contributed by atoms with van der Waals surface area (Å²) in [5.41, 5.74) is 2.49. The van der Waals surface area contributed by atoms with Crippen molar-refractivity contribution in [2.24, 2.45) is 0 Å². The maximum absolute atomic E-state index is 12.5. The molecule has 4 aromatic rings. The molecule has 27 heavy (non-hydrogen) atoms. The second-order valence-electron chi connectivity index (χ2n) is 6.11. The van der Waals surface area contributed by atoms with E-state index in [-0.39, 0.29) is 12.5 Å². The van der Waals surface area contributed by atoms with Crippen molar-refractivity contribution < 1.29 is 13.6 Å². The fourth-order valence-electron chi connectivity index (χ4n) is 2.89. The molecule has 0 saturated carbocycles. The van der Waals surface area contributed by atoms with Crippen LogP contribution in [0.2, 0.25) is 0 Å². The van der Waals surface area contributed by atoms with E-state index in [0.29, 0.717) is 22.7 Å². The van der Waals surface area contributed by atoms with Gasteiger partial charge in [0.2, 0.25) is 11.8 Å². The van der Waals surface area contributed by atoms with Gasteiger partial charge in [0, 0.05) is 5.56 Å². The number of benzene rings is 2. The third-order valence-electron chi connectivity index (χ3n) is 4.30. The number of nitrogens with one attached hydrogen (secondary N) is 1. The van der Waals surface area contributed by atoms with Crippen LogP contribution in [0.25, 0.3) is 22.6 Å². The Labute approximate surface area is 154 Å². The molecule has 0 fully saturated rings. The Morgan fingerprint density at radius 3 is 2.70 bits per heavy atom. The molecule has 1 N–H and O–H groups in total. The number of hydrogen-bond donors (Lipinski definition) is 1. The second-order valence-corrected chi connectivity index (χ2v) is 6.11. The van der Waals surface area contributed by atoms with E-state index < -0.39 is 11.8 Å². The van der Waals surface area contributed by atoms with Crippen molar-refractivity contribution in [2.45, 2.75) is 19.5 Å². The number of nitrogens with zero attached hydrogens (tertiary/aromatic N) is 2. The maximum Gasteiger partial charge on any atom is 0.420 e. The lowest BCUT2D eigenvalue weighted by atomic mass is 10.2. The van der Waals surface area contributed by atoms with Crippen molar-refractivity contribution in [3.05, 3.63) is 77.1 Å². The Hall–Kier alpha value is -3.61. The van der Waals surface area contributed by atoms with Crippen LogP contribution < -0.4 is 11.1 Å². The highest BCUT2D eigenvalue weighted by Crippen LogP contribution is 2.19. The van der Waals surface area contributed by atoms with Crippen LogP contribution in [0.5, 0.6) is 0 Å². The highest BCUT2D eigenvalue weighted by molar-refractivity contribution is 5.82. The van der Waals surface area contributed by atoms with Gasteiger partial charge in [0.05, 0.1) is 17.8 Å². The van der Waals surface area contributed by atoms with Crippen LogP contribution in [0.15, 0.2) is 74.5 Å². The van der Waals surface area contributed by atoms with E-state index in [1.54, 1.807) is 31.2 Å². The van der Waals surface area contributed by atoms with Crippen molar-refractivity contribution in [2.75, 3.05) is 0 Å². The molecule has 0 aliphatic heterocycles. The van der Waals surface area contributed by atoms with Gasteiger partial charge in [-0.25, -0.2) is 9.78 Å². The summed E-state index contributed by atoms with van der Waals surface area (Å²) in [4.78, 5) is 29.0.